The van der Waals surface area contributed by atoms with Gasteiger partial charge >= 0.3 is 5.97 Å². The van der Waals surface area contributed by atoms with Gasteiger partial charge in [-0.05, 0) is 18.2 Å². The Bertz CT molecular complexity index is 671. The monoisotopic (exact) mass is 294 g/mol. The largest absolute Gasteiger partial charge is 0.493 e. The Kier molecular flexibility index (Phi) is 4.37. The van der Waals surface area contributed by atoms with E-state index < -0.39 is 17.6 Å². The zero-order valence-electron chi connectivity index (χ0n) is 11.1. The Hall–Kier alpha value is -2.63. The first-order valence-electron chi connectivity index (χ1n) is 6.00. The number of methoxy groups -OCH3 is 1. The van der Waals surface area contributed by atoms with Crippen LogP contribution in [0, 0.1) is 11.6 Å². The average molecular weight is 294 g/mol. The van der Waals surface area contributed by atoms with Crippen LogP contribution in [0.5, 0.6) is 11.5 Å². The van der Waals surface area contributed by atoms with Crippen molar-refractivity contribution in [2.24, 2.45) is 0 Å². The van der Waals surface area contributed by atoms with Crippen molar-refractivity contribution in [2.75, 3.05) is 7.11 Å². The van der Waals surface area contributed by atoms with Crippen LogP contribution in [0.15, 0.2) is 36.4 Å². The summed E-state index contributed by atoms with van der Waals surface area (Å²) in [6, 6.07) is 8.04. The summed E-state index contributed by atoms with van der Waals surface area (Å²) >= 11 is 0. The molecule has 2 aromatic rings. The maximum atomic E-state index is 13.5. The minimum Gasteiger partial charge on any atom is -0.493 e. The van der Waals surface area contributed by atoms with Crippen molar-refractivity contribution >= 4 is 5.97 Å². The van der Waals surface area contributed by atoms with Gasteiger partial charge in [-0.15, -0.1) is 0 Å². The lowest BCUT2D eigenvalue weighted by Crippen LogP contribution is -2.06. The average Bonchev–Trinajstić information content (AvgIpc) is 2.48. The van der Waals surface area contributed by atoms with Gasteiger partial charge in [-0.1, -0.05) is 18.2 Å². The Balaban J connectivity index is 2.31. The van der Waals surface area contributed by atoms with Crippen molar-refractivity contribution in [1.82, 2.24) is 0 Å². The number of carboxylic acids is 1. The van der Waals surface area contributed by atoms with E-state index >= 15 is 0 Å². The topological polar surface area (TPSA) is 55.8 Å². The van der Waals surface area contributed by atoms with Crippen molar-refractivity contribution in [3.8, 4) is 11.5 Å². The third-order valence-corrected chi connectivity index (χ3v) is 2.83. The fourth-order valence-electron chi connectivity index (χ4n) is 1.80. The number of hydrogen-bond donors (Lipinski definition) is 1. The van der Waals surface area contributed by atoms with E-state index in [1.165, 1.54) is 37.4 Å². The lowest BCUT2D eigenvalue weighted by atomic mass is 10.2. The summed E-state index contributed by atoms with van der Waals surface area (Å²) in [7, 11) is 1.36. The number of hydrogen-bond acceptors (Lipinski definition) is 3. The third kappa shape index (κ3) is 3.10. The molecule has 0 amide bonds. The van der Waals surface area contributed by atoms with E-state index in [4.69, 9.17) is 14.6 Å². The lowest BCUT2D eigenvalue weighted by Gasteiger charge is -2.13. The van der Waals surface area contributed by atoms with E-state index in [1.807, 2.05) is 0 Å². The predicted octanol–water partition coefficient (Wildman–Crippen LogP) is 3.25. The predicted molar refractivity (Wildman–Crippen MR) is 70.6 cm³/mol. The summed E-state index contributed by atoms with van der Waals surface area (Å²) in [6.45, 7) is -0.315. The molecule has 0 fully saturated rings. The highest BCUT2D eigenvalue weighted by molar-refractivity contribution is 5.92. The van der Waals surface area contributed by atoms with Gasteiger partial charge in [-0.3, -0.25) is 0 Å². The highest BCUT2D eigenvalue weighted by Gasteiger charge is 2.17. The quantitative estimate of drug-likeness (QED) is 0.919. The molecule has 0 aliphatic carbocycles. The van der Waals surface area contributed by atoms with Crippen molar-refractivity contribution in [3.05, 3.63) is 59.2 Å². The van der Waals surface area contributed by atoms with Crippen LogP contribution < -0.4 is 9.47 Å². The van der Waals surface area contributed by atoms with Crippen LogP contribution in [0.2, 0.25) is 0 Å². The van der Waals surface area contributed by atoms with Gasteiger partial charge in [0.15, 0.2) is 23.1 Å². The maximum Gasteiger partial charge on any atom is 0.339 e. The van der Waals surface area contributed by atoms with Crippen molar-refractivity contribution < 1.29 is 28.2 Å². The molecule has 0 spiro atoms. The van der Waals surface area contributed by atoms with Crippen molar-refractivity contribution in [3.63, 3.8) is 0 Å². The van der Waals surface area contributed by atoms with E-state index in [0.29, 0.717) is 0 Å². The third-order valence-electron chi connectivity index (χ3n) is 2.83. The molecule has 0 heterocycles. The van der Waals surface area contributed by atoms with Crippen LogP contribution in [0.1, 0.15) is 15.9 Å². The molecule has 0 saturated carbocycles. The van der Waals surface area contributed by atoms with Gasteiger partial charge in [0.25, 0.3) is 0 Å². The van der Waals surface area contributed by atoms with Gasteiger partial charge in [0.05, 0.1) is 7.11 Å². The molecular weight excluding hydrogens is 282 g/mol. The SMILES string of the molecule is COc1cccc(C(=O)O)c1OCc1cccc(F)c1F. The number of aromatic carboxylic acids is 1. The first-order chi connectivity index (χ1) is 10.0. The highest BCUT2D eigenvalue weighted by Crippen LogP contribution is 2.32. The van der Waals surface area contributed by atoms with E-state index in [2.05, 4.69) is 0 Å². The zero-order chi connectivity index (χ0) is 15.4. The lowest BCUT2D eigenvalue weighted by molar-refractivity contribution is 0.0691. The summed E-state index contributed by atoms with van der Waals surface area (Å²) in [5.74, 6) is -3.05. The summed E-state index contributed by atoms with van der Waals surface area (Å²) in [5.41, 5.74) is -0.136. The van der Waals surface area contributed by atoms with Crippen LogP contribution in [0.3, 0.4) is 0 Å². The maximum absolute atomic E-state index is 13.5. The normalized spacial score (nSPS) is 10.2. The molecule has 4 nitrogen and oxygen atoms in total. The number of para-hydroxylation sites is 1. The minimum atomic E-state index is -1.20. The molecular formula is C15H12F2O4. The van der Waals surface area contributed by atoms with E-state index in [1.54, 1.807) is 0 Å². The molecule has 2 aromatic carbocycles. The smallest absolute Gasteiger partial charge is 0.339 e. The molecule has 0 aliphatic heterocycles. The summed E-state index contributed by atoms with van der Waals surface area (Å²) < 4.78 is 37.0. The molecule has 6 heteroatoms. The Labute approximate surface area is 119 Å². The van der Waals surface area contributed by atoms with E-state index in [9.17, 15) is 13.6 Å². The Morgan fingerprint density at radius 3 is 2.57 bits per heavy atom. The Morgan fingerprint density at radius 1 is 1.19 bits per heavy atom. The number of ether oxygens (including phenoxy) is 2. The summed E-state index contributed by atoms with van der Waals surface area (Å²) in [5, 5.41) is 9.11. The first-order valence-corrected chi connectivity index (χ1v) is 6.00. The molecule has 0 saturated heterocycles. The molecule has 0 aromatic heterocycles. The Morgan fingerprint density at radius 2 is 1.90 bits per heavy atom. The second kappa shape index (κ2) is 6.21. The van der Waals surface area contributed by atoms with Gasteiger partial charge in [-0.2, -0.15) is 0 Å². The molecule has 2 rings (SSSR count). The zero-order valence-corrected chi connectivity index (χ0v) is 11.1. The van der Waals surface area contributed by atoms with Crippen molar-refractivity contribution in [1.29, 1.82) is 0 Å². The van der Waals surface area contributed by atoms with Crippen LogP contribution in [0.25, 0.3) is 0 Å². The summed E-state index contributed by atoms with van der Waals surface area (Å²) in [4.78, 5) is 11.2. The standard InChI is InChI=1S/C15H12F2O4/c1-20-12-7-3-5-10(15(18)19)14(12)21-8-9-4-2-6-11(16)13(9)17/h2-7H,8H2,1H3,(H,18,19). The molecule has 0 aliphatic rings. The number of benzene rings is 2. The van der Waals surface area contributed by atoms with E-state index in [0.717, 1.165) is 6.07 Å². The molecule has 0 unspecified atom stereocenters. The second-order valence-electron chi connectivity index (χ2n) is 4.14. The number of rotatable bonds is 5. The second-order valence-corrected chi connectivity index (χ2v) is 4.14. The van der Waals surface area contributed by atoms with E-state index in [-0.39, 0.29) is 29.2 Å². The molecule has 110 valence electrons. The molecule has 0 radical (unpaired) electrons. The number of carboxylic acid groups (broad SMARTS) is 1. The molecule has 0 bridgehead atoms. The van der Waals surface area contributed by atoms with Gasteiger partial charge in [0, 0.05) is 5.56 Å². The number of halogens is 2. The van der Waals surface area contributed by atoms with Gasteiger partial charge < -0.3 is 14.6 Å². The fraction of sp³-hybridized carbons (Fsp3) is 0.133. The van der Waals surface area contributed by atoms with Gasteiger partial charge in [0.2, 0.25) is 0 Å². The molecule has 1 N–H and O–H groups in total. The molecule has 21 heavy (non-hydrogen) atoms. The fourth-order valence-corrected chi connectivity index (χ4v) is 1.80. The number of carbonyl (C=O) groups is 1. The highest BCUT2D eigenvalue weighted by atomic mass is 19.2. The van der Waals surface area contributed by atoms with Crippen LogP contribution >= 0.6 is 0 Å². The summed E-state index contributed by atoms with van der Waals surface area (Å²) in [6.07, 6.45) is 0. The molecule has 0 atom stereocenters. The van der Waals surface area contributed by atoms with Crippen LogP contribution in [0.4, 0.5) is 8.78 Å². The van der Waals surface area contributed by atoms with Crippen molar-refractivity contribution in [2.45, 2.75) is 6.61 Å². The van der Waals surface area contributed by atoms with Gasteiger partial charge in [-0.25, -0.2) is 13.6 Å². The van der Waals surface area contributed by atoms with Crippen LogP contribution in [-0.4, -0.2) is 18.2 Å². The first kappa shape index (κ1) is 14.8. The minimum absolute atomic E-state index is 0.0164. The van der Waals surface area contributed by atoms with Gasteiger partial charge in [0.1, 0.15) is 12.2 Å². The van der Waals surface area contributed by atoms with Crippen LogP contribution in [-0.2, 0) is 6.61 Å².